The number of hydrogen-bond donors (Lipinski definition) is 1. The molecule has 2 aromatic heterocycles. The molecule has 0 saturated heterocycles. The lowest BCUT2D eigenvalue weighted by atomic mass is 10.2. The van der Waals surface area contributed by atoms with Crippen LogP contribution in [0, 0.1) is 4.77 Å². The summed E-state index contributed by atoms with van der Waals surface area (Å²) in [7, 11) is 0. The Balaban J connectivity index is 2.12. The summed E-state index contributed by atoms with van der Waals surface area (Å²) in [5, 5.41) is 1.89. The summed E-state index contributed by atoms with van der Waals surface area (Å²) in [6, 6.07) is 9.74. The van der Waals surface area contributed by atoms with Crippen molar-refractivity contribution in [3.63, 3.8) is 0 Å². The highest BCUT2D eigenvalue weighted by molar-refractivity contribution is 9.10. The number of thiophene rings is 1. The molecule has 0 aliphatic rings. The van der Waals surface area contributed by atoms with Crippen LogP contribution >= 0.6 is 39.5 Å². The zero-order chi connectivity index (χ0) is 13.4. The Kier molecular flexibility index (Phi) is 3.38. The summed E-state index contributed by atoms with van der Waals surface area (Å²) in [4.78, 5) is 15.4. The number of rotatable bonds is 2. The maximum Gasteiger partial charge on any atom is 0.272 e. The number of aromatic amines is 1. The van der Waals surface area contributed by atoms with Crippen molar-refractivity contribution in [1.82, 2.24) is 9.55 Å². The van der Waals surface area contributed by atoms with Crippen molar-refractivity contribution in [1.29, 1.82) is 0 Å². The molecule has 0 aliphatic carbocycles. The summed E-state index contributed by atoms with van der Waals surface area (Å²) in [5.74, 6) is 0. The third-order valence-corrected chi connectivity index (χ3v) is 4.60. The first kappa shape index (κ1) is 12.8. The van der Waals surface area contributed by atoms with Gasteiger partial charge in [0.2, 0.25) is 0 Å². The minimum absolute atomic E-state index is 0.0309. The lowest BCUT2D eigenvalue weighted by Gasteiger charge is -2.06. The molecule has 3 rings (SSSR count). The van der Waals surface area contributed by atoms with E-state index in [1.165, 1.54) is 11.3 Å². The van der Waals surface area contributed by atoms with Gasteiger partial charge < -0.3 is 4.98 Å². The maximum absolute atomic E-state index is 12.4. The van der Waals surface area contributed by atoms with Gasteiger partial charge in [0.25, 0.3) is 5.56 Å². The van der Waals surface area contributed by atoms with Gasteiger partial charge in [-0.1, -0.05) is 28.1 Å². The topological polar surface area (TPSA) is 37.8 Å². The van der Waals surface area contributed by atoms with Crippen molar-refractivity contribution >= 4 is 49.7 Å². The van der Waals surface area contributed by atoms with Crippen LogP contribution in [0.3, 0.4) is 0 Å². The zero-order valence-electron chi connectivity index (χ0n) is 9.72. The minimum atomic E-state index is -0.0309. The molecule has 6 heteroatoms. The fraction of sp³-hybridized carbons (Fsp3) is 0.0769. The predicted molar refractivity (Wildman–Crippen MR) is 84.5 cm³/mol. The number of aromatic nitrogens is 2. The molecule has 0 atom stereocenters. The predicted octanol–water partition coefficient (Wildman–Crippen LogP) is 3.93. The van der Waals surface area contributed by atoms with Gasteiger partial charge in [-0.25, -0.2) is 0 Å². The van der Waals surface area contributed by atoms with Crippen molar-refractivity contribution < 1.29 is 0 Å². The Morgan fingerprint density at radius 1 is 1.26 bits per heavy atom. The van der Waals surface area contributed by atoms with E-state index in [1.54, 1.807) is 4.57 Å². The molecule has 3 aromatic rings. The van der Waals surface area contributed by atoms with Gasteiger partial charge in [0.05, 0.1) is 12.1 Å². The van der Waals surface area contributed by atoms with E-state index in [9.17, 15) is 4.79 Å². The smallest absolute Gasteiger partial charge is 0.272 e. The second-order valence-corrected chi connectivity index (χ2v) is 6.33. The summed E-state index contributed by atoms with van der Waals surface area (Å²) < 4.78 is 3.78. The highest BCUT2D eigenvalue weighted by Crippen LogP contribution is 2.15. The van der Waals surface area contributed by atoms with E-state index in [0.29, 0.717) is 16.0 Å². The van der Waals surface area contributed by atoms with E-state index in [2.05, 4.69) is 20.9 Å². The van der Waals surface area contributed by atoms with E-state index in [4.69, 9.17) is 12.2 Å². The molecule has 0 saturated carbocycles. The number of halogens is 1. The monoisotopic (exact) mass is 352 g/mol. The average Bonchev–Trinajstić information content (AvgIpc) is 2.85. The Labute approximate surface area is 126 Å². The molecule has 0 fully saturated rings. The first-order valence-electron chi connectivity index (χ1n) is 5.60. The van der Waals surface area contributed by atoms with E-state index >= 15 is 0 Å². The molecule has 0 unspecified atom stereocenters. The average molecular weight is 353 g/mol. The lowest BCUT2D eigenvalue weighted by molar-refractivity contribution is 0.736. The van der Waals surface area contributed by atoms with Gasteiger partial charge in [-0.2, -0.15) is 0 Å². The van der Waals surface area contributed by atoms with Gasteiger partial charge in [0.15, 0.2) is 4.77 Å². The highest BCUT2D eigenvalue weighted by atomic mass is 79.9. The number of nitrogens with zero attached hydrogens (tertiary/aromatic N) is 1. The summed E-state index contributed by atoms with van der Waals surface area (Å²) in [6.45, 7) is 0.481. The minimum Gasteiger partial charge on any atom is -0.331 e. The number of hydrogen-bond acceptors (Lipinski definition) is 3. The zero-order valence-corrected chi connectivity index (χ0v) is 12.9. The highest BCUT2D eigenvalue weighted by Gasteiger charge is 2.07. The normalized spacial score (nSPS) is 11.0. The van der Waals surface area contributed by atoms with Crippen molar-refractivity contribution in [2.45, 2.75) is 6.54 Å². The molecule has 1 N–H and O–H groups in total. The fourth-order valence-electron chi connectivity index (χ4n) is 1.89. The SMILES string of the molecule is O=c1c2sccc2[nH]c(=S)n1Cc1ccc(Br)cc1. The van der Waals surface area contributed by atoms with Gasteiger partial charge in [-0.15, -0.1) is 11.3 Å². The standard InChI is InChI=1S/C13H9BrN2OS2/c14-9-3-1-8(2-4-9)7-16-12(17)11-10(5-6-19-11)15-13(16)18/h1-6H,7H2,(H,15,18). The molecule has 19 heavy (non-hydrogen) atoms. The van der Waals surface area contributed by atoms with Crippen LogP contribution in [0.1, 0.15) is 5.56 Å². The first-order valence-corrected chi connectivity index (χ1v) is 7.68. The molecule has 2 heterocycles. The second kappa shape index (κ2) is 5.03. The Morgan fingerprint density at radius 3 is 2.74 bits per heavy atom. The molecule has 96 valence electrons. The van der Waals surface area contributed by atoms with Gasteiger partial charge >= 0.3 is 0 Å². The Hall–Kier alpha value is -1.24. The lowest BCUT2D eigenvalue weighted by Crippen LogP contribution is -2.21. The summed E-state index contributed by atoms with van der Waals surface area (Å²) >= 11 is 10.1. The molecule has 0 bridgehead atoms. The van der Waals surface area contributed by atoms with Crippen molar-refractivity contribution in [2.24, 2.45) is 0 Å². The van der Waals surface area contributed by atoms with Crippen LogP contribution in [0.5, 0.6) is 0 Å². The van der Waals surface area contributed by atoms with Gasteiger partial charge in [0, 0.05) is 4.47 Å². The summed E-state index contributed by atoms with van der Waals surface area (Å²) in [6.07, 6.45) is 0. The number of H-pyrrole nitrogens is 1. The van der Waals surface area contributed by atoms with Crippen molar-refractivity contribution in [3.8, 4) is 0 Å². The van der Waals surface area contributed by atoms with Crippen LogP contribution in [0.25, 0.3) is 10.2 Å². The number of fused-ring (bicyclic) bond motifs is 1. The maximum atomic E-state index is 12.4. The van der Waals surface area contributed by atoms with Crippen LogP contribution in [0.4, 0.5) is 0 Å². The van der Waals surface area contributed by atoms with Crippen LogP contribution in [0.15, 0.2) is 45.0 Å². The quantitative estimate of drug-likeness (QED) is 0.709. The molecule has 3 nitrogen and oxygen atoms in total. The molecule has 1 aromatic carbocycles. The fourth-order valence-corrected chi connectivity index (χ4v) is 3.21. The number of benzene rings is 1. The van der Waals surface area contributed by atoms with Crippen LogP contribution < -0.4 is 5.56 Å². The van der Waals surface area contributed by atoms with E-state index in [0.717, 1.165) is 15.6 Å². The van der Waals surface area contributed by atoms with Gasteiger partial charge in [-0.3, -0.25) is 9.36 Å². The van der Waals surface area contributed by atoms with Crippen molar-refractivity contribution in [2.75, 3.05) is 0 Å². The third kappa shape index (κ3) is 2.43. The summed E-state index contributed by atoms with van der Waals surface area (Å²) in [5.41, 5.74) is 1.82. The molecule has 0 aliphatic heterocycles. The molecular weight excluding hydrogens is 344 g/mol. The van der Waals surface area contributed by atoms with E-state index in [-0.39, 0.29) is 5.56 Å². The van der Waals surface area contributed by atoms with E-state index < -0.39 is 0 Å². The molecule has 0 radical (unpaired) electrons. The molecule has 0 spiro atoms. The first-order chi connectivity index (χ1) is 9.15. The Morgan fingerprint density at radius 2 is 2.00 bits per heavy atom. The number of nitrogens with one attached hydrogen (secondary N) is 1. The molecular formula is C13H9BrN2OS2. The third-order valence-electron chi connectivity index (χ3n) is 2.85. The molecule has 0 amide bonds. The van der Waals surface area contributed by atoms with Crippen molar-refractivity contribution in [3.05, 3.63) is 60.9 Å². The van der Waals surface area contributed by atoms with Crippen LogP contribution in [-0.4, -0.2) is 9.55 Å². The Bertz CT molecular complexity index is 845. The van der Waals surface area contributed by atoms with Crippen LogP contribution in [0.2, 0.25) is 0 Å². The second-order valence-electron chi connectivity index (χ2n) is 4.11. The van der Waals surface area contributed by atoms with Gasteiger partial charge in [-0.05, 0) is 41.4 Å². The van der Waals surface area contributed by atoms with Crippen LogP contribution in [-0.2, 0) is 6.54 Å². The van der Waals surface area contributed by atoms with Gasteiger partial charge in [0.1, 0.15) is 4.70 Å². The largest absolute Gasteiger partial charge is 0.331 e. The van der Waals surface area contributed by atoms with E-state index in [1.807, 2.05) is 35.7 Å².